The fraction of sp³-hybridized carbons (Fsp3) is 0.588. The Balaban J connectivity index is 3.03. The van der Waals surface area contributed by atoms with Gasteiger partial charge in [-0.2, -0.15) is 0 Å². The van der Waals surface area contributed by atoms with Crippen LogP contribution in [0.5, 0.6) is 11.5 Å². The Morgan fingerprint density at radius 1 is 1.14 bits per heavy atom. The summed E-state index contributed by atoms with van der Waals surface area (Å²) >= 11 is 0. The van der Waals surface area contributed by atoms with Crippen LogP contribution in [-0.2, 0) is 4.79 Å². The van der Waals surface area contributed by atoms with E-state index in [0.29, 0.717) is 19.8 Å². The molecule has 1 aromatic carbocycles. The van der Waals surface area contributed by atoms with Crippen molar-refractivity contribution in [1.29, 1.82) is 0 Å². The lowest BCUT2D eigenvalue weighted by molar-refractivity contribution is -0.121. The molecule has 0 saturated heterocycles. The van der Waals surface area contributed by atoms with E-state index in [4.69, 9.17) is 9.47 Å². The van der Waals surface area contributed by atoms with E-state index in [1.165, 1.54) is 0 Å². The Bertz CT molecular complexity index is 475. The normalized spacial score (nSPS) is 12.1. The van der Waals surface area contributed by atoms with Gasteiger partial charge in [-0.3, -0.25) is 4.79 Å². The van der Waals surface area contributed by atoms with E-state index in [1.54, 1.807) is 7.05 Å². The highest BCUT2D eigenvalue weighted by atomic mass is 16.5. The van der Waals surface area contributed by atoms with Crippen LogP contribution in [0.1, 0.15) is 39.3 Å². The van der Waals surface area contributed by atoms with Gasteiger partial charge in [0.2, 0.25) is 5.91 Å². The van der Waals surface area contributed by atoms with Gasteiger partial charge < -0.3 is 20.1 Å². The molecule has 1 aromatic rings. The molecule has 0 fully saturated rings. The minimum Gasteiger partial charge on any atom is -0.490 e. The van der Waals surface area contributed by atoms with E-state index in [-0.39, 0.29) is 17.9 Å². The minimum atomic E-state index is -0.0595. The third-order valence-electron chi connectivity index (χ3n) is 3.25. The van der Waals surface area contributed by atoms with Crippen molar-refractivity contribution in [2.45, 2.75) is 33.7 Å². The number of carbonyl (C=O) groups is 1. The van der Waals surface area contributed by atoms with Gasteiger partial charge >= 0.3 is 0 Å². The monoisotopic (exact) mass is 308 g/mol. The van der Waals surface area contributed by atoms with Crippen LogP contribution in [0, 0.1) is 5.92 Å². The van der Waals surface area contributed by atoms with Gasteiger partial charge in [-0.25, -0.2) is 0 Å². The number of carbonyl (C=O) groups excluding carboxylic acids is 1. The largest absolute Gasteiger partial charge is 0.490 e. The number of hydrogen-bond acceptors (Lipinski definition) is 4. The SMILES string of the molecule is CCOc1ccc(C(NC(=O)CNC)C(C)C)cc1OCC. The highest BCUT2D eigenvalue weighted by molar-refractivity contribution is 5.78. The first-order valence-electron chi connectivity index (χ1n) is 7.86. The lowest BCUT2D eigenvalue weighted by Gasteiger charge is -2.24. The maximum Gasteiger partial charge on any atom is 0.234 e. The van der Waals surface area contributed by atoms with Gasteiger partial charge in [-0.1, -0.05) is 19.9 Å². The number of rotatable bonds is 9. The second-order valence-corrected chi connectivity index (χ2v) is 5.39. The van der Waals surface area contributed by atoms with E-state index in [9.17, 15) is 4.79 Å². The second kappa shape index (κ2) is 9.30. The van der Waals surface area contributed by atoms with Crippen molar-refractivity contribution in [3.05, 3.63) is 23.8 Å². The van der Waals surface area contributed by atoms with Crippen molar-refractivity contribution in [3.63, 3.8) is 0 Å². The number of ether oxygens (including phenoxy) is 2. The summed E-state index contributed by atoms with van der Waals surface area (Å²) < 4.78 is 11.2. The van der Waals surface area contributed by atoms with E-state index >= 15 is 0 Å². The number of hydrogen-bond donors (Lipinski definition) is 2. The molecule has 0 aliphatic carbocycles. The predicted molar refractivity (Wildman–Crippen MR) is 88.4 cm³/mol. The van der Waals surface area contributed by atoms with Crippen LogP contribution in [0.4, 0.5) is 0 Å². The van der Waals surface area contributed by atoms with Gasteiger partial charge in [0.25, 0.3) is 0 Å². The van der Waals surface area contributed by atoms with Crippen LogP contribution in [0.15, 0.2) is 18.2 Å². The van der Waals surface area contributed by atoms with Crippen molar-refractivity contribution in [3.8, 4) is 11.5 Å². The van der Waals surface area contributed by atoms with Gasteiger partial charge in [0.15, 0.2) is 11.5 Å². The number of benzene rings is 1. The molecule has 0 aromatic heterocycles. The van der Waals surface area contributed by atoms with Crippen molar-refractivity contribution < 1.29 is 14.3 Å². The topological polar surface area (TPSA) is 59.6 Å². The lowest BCUT2D eigenvalue weighted by Crippen LogP contribution is -2.37. The molecule has 1 unspecified atom stereocenters. The molecule has 0 saturated carbocycles. The van der Waals surface area contributed by atoms with Crippen LogP contribution < -0.4 is 20.1 Å². The molecule has 1 atom stereocenters. The Labute approximate surface area is 133 Å². The molecule has 5 heteroatoms. The van der Waals surface area contributed by atoms with Crippen molar-refractivity contribution >= 4 is 5.91 Å². The summed E-state index contributed by atoms with van der Waals surface area (Å²) in [5, 5.41) is 5.92. The van der Waals surface area contributed by atoms with Crippen LogP contribution >= 0.6 is 0 Å². The van der Waals surface area contributed by atoms with Crippen molar-refractivity contribution in [2.24, 2.45) is 5.92 Å². The van der Waals surface area contributed by atoms with Gasteiger partial charge in [-0.05, 0) is 44.5 Å². The molecule has 0 spiro atoms. The number of likely N-dealkylation sites (N-methyl/N-ethyl adjacent to an activating group) is 1. The van der Waals surface area contributed by atoms with Crippen molar-refractivity contribution in [2.75, 3.05) is 26.8 Å². The second-order valence-electron chi connectivity index (χ2n) is 5.39. The molecule has 22 heavy (non-hydrogen) atoms. The average Bonchev–Trinajstić information content (AvgIpc) is 2.47. The smallest absolute Gasteiger partial charge is 0.234 e. The first kappa shape index (κ1) is 18.3. The average molecular weight is 308 g/mol. The molecule has 0 heterocycles. The standard InChI is InChI=1S/C17H28N2O3/c1-6-21-14-9-8-13(10-15(14)22-7-2)17(12(3)4)19-16(20)11-18-5/h8-10,12,17-18H,6-7,11H2,1-5H3,(H,19,20). The summed E-state index contributed by atoms with van der Waals surface area (Å²) in [5.74, 6) is 1.70. The summed E-state index contributed by atoms with van der Waals surface area (Å²) in [6, 6.07) is 5.79. The summed E-state index contributed by atoms with van der Waals surface area (Å²) in [4.78, 5) is 11.9. The molecular formula is C17H28N2O3. The Kier molecular flexibility index (Phi) is 7.74. The molecule has 1 rings (SSSR count). The minimum absolute atomic E-state index is 0.0203. The van der Waals surface area contributed by atoms with Crippen LogP contribution in [-0.4, -0.2) is 32.7 Å². The van der Waals surface area contributed by atoms with E-state index in [1.807, 2.05) is 32.0 Å². The van der Waals surface area contributed by atoms with Crippen LogP contribution in [0.3, 0.4) is 0 Å². The summed E-state index contributed by atoms with van der Waals surface area (Å²) in [7, 11) is 1.76. The predicted octanol–water partition coefficient (Wildman–Crippen LogP) is 2.52. The zero-order chi connectivity index (χ0) is 16.5. The highest BCUT2D eigenvalue weighted by Gasteiger charge is 2.20. The Morgan fingerprint density at radius 2 is 1.77 bits per heavy atom. The van der Waals surface area contributed by atoms with Gasteiger partial charge in [-0.15, -0.1) is 0 Å². The molecule has 0 bridgehead atoms. The summed E-state index contributed by atoms with van der Waals surface area (Å²) in [6.45, 7) is 9.52. The van der Waals surface area contributed by atoms with E-state index < -0.39 is 0 Å². The molecule has 1 amide bonds. The van der Waals surface area contributed by atoms with Gasteiger partial charge in [0, 0.05) is 0 Å². The number of amides is 1. The summed E-state index contributed by atoms with van der Waals surface area (Å²) in [6.07, 6.45) is 0. The van der Waals surface area contributed by atoms with E-state index in [2.05, 4.69) is 24.5 Å². The molecule has 0 aliphatic heterocycles. The first-order chi connectivity index (χ1) is 10.5. The van der Waals surface area contributed by atoms with Gasteiger partial charge in [0.05, 0.1) is 25.8 Å². The first-order valence-corrected chi connectivity index (χ1v) is 7.86. The van der Waals surface area contributed by atoms with Crippen LogP contribution in [0.25, 0.3) is 0 Å². The molecule has 0 radical (unpaired) electrons. The quantitative estimate of drug-likeness (QED) is 0.736. The Morgan fingerprint density at radius 3 is 2.32 bits per heavy atom. The summed E-state index contributed by atoms with van der Waals surface area (Å²) in [5.41, 5.74) is 1.02. The molecule has 5 nitrogen and oxygen atoms in total. The third-order valence-corrected chi connectivity index (χ3v) is 3.25. The van der Waals surface area contributed by atoms with Crippen LogP contribution in [0.2, 0.25) is 0 Å². The van der Waals surface area contributed by atoms with Gasteiger partial charge in [0.1, 0.15) is 0 Å². The maximum atomic E-state index is 11.9. The third kappa shape index (κ3) is 5.22. The molecule has 2 N–H and O–H groups in total. The van der Waals surface area contributed by atoms with Crippen molar-refractivity contribution in [1.82, 2.24) is 10.6 Å². The molecular weight excluding hydrogens is 280 g/mol. The molecule has 0 aliphatic rings. The Hall–Kier alpha value is -1.75. The fourth-order valence-electron chi connectivity index (χ4n) is 2.28. The zero-order valence-corrected chi connectivity index (χ0v) is 14.2. The van der Waals surface area contributed by atoms with E-state index in [0.717, 1.165) is 17.1 Å². The highest BCUT2D eigenvalue weighted by Crippen LogP contribution is 2.32. The fourth-order valence-corrected chi connectivity index (χ4v) is 2.28. The number of nitrogens with one attached hydrogen (secondary N) is 2. The maximum absolute atomic E-state index is 11.9. The zero-order valence-electron chi connectivity index (χ0n) is 14.2. The lowest BCUT2D eigenvalue weighted by atomic mass is 9.95. The molecule has 124 valence electrons.